The normalized spacial score (nSPS) is 9.67. The van der Waals surface area contributed by atoms with Gasteiger partial charge in [0.1, 0.15) is 0 Å². The number of hydrogen-bond acceptors (Lipinski definition) is 2. The molecule has 2 aromatic carbocycles. The summed E-state index contributed by atoms with van der Waals surface area (Å²) in [4.78, 5) is 12.3. The van der Waals surface area contributed by atoms with E-state index in [1.54, 1.807) is 18.2 Å². The second-order valence-electron chi connectivity index (χ2n) is 4.13. The number of amides is 1. The van der Waals surface area contributed by atoms with Gasteiger partial charge in [-0.15, -0.1) is 0 Å². The number of nitrogens with two attached hydrogens (primary N) is 1. The van der Waals surface area contributed by atoms with Gasteiger partial charge in [-0.25, -0.2) is 0 Å². The van der Waals surface area contributed by atoms with Gasteiger partial charge in [-0.1, -0.05) is 47.2 Å². The highest BCUT2D eigenvalue weighted by molar-refractivity contribution is 6.37. The summed E-state index contributed by atoms with van der Waals surface area (Å²) >= 11 is 11.8. The van der Waals surface area contributed by atoms with Crippen LogP contribution < -0.4 is 11.1 Å². The maximum atomic E-state index is 12.3. The molecule has 106 valence electrons. The second kappa shape index (κ2) is 7.14. The first kappa shape index (κ1) is 15.4. The van der Waals surface area contributed by atoms with Crippen molar-refractivity contribution in [1.29, 1.82) is 0 Å². The van der Waals surface area contributed by atoms with Crippen molar-refractivity contribution in [3.63, 3.8) is 0 Å². The van der Waals surface area contributed by atoms with E-state index >= 15 is 0 Å². The Balaban J connectivity index is 2.27. The standard InChI is InChI=1S/C16H12Cl2N2O/c17-12-7-8-13(14(18)10-12)16(21)20-15-6-2-1-4-11(15)5-3-9-19/h1-2,4,6-8,10H,9,19H2,(H,20,21). The van der Waals surface area contributed by atoms with Crippen molar-refractivity contribution < 1.29 is 4.79 Å². The van der Waals surface area contributed by atoms with E-state index in [9.17, 15) is 4.79 Å². The van der Waals surface area contributed by atoms with E-state index in [1.165, 1.54) is 6.07 Å². The first-order valence-electron chi connectivity index (χ1n) is 6.16. The van der Waals surface area contributed by atoms with Gasteiger partial charge in [0, 0.05) is 10.6 Å². The zero-order chi connectivity index (χ0) is 15.2. The number of halogens is 2. The van der Waals surface area contributed by atoms with E-state index in [0.717, 1.165) is 0 Å². The third-order valence-corrected chi connectivity index (χ3v) is 3.22. The summed E-state index contributed by atoms with van der Waals surface area (Å²) < 4.78 is 0. The number of carbonyl (C=O) groups is 1. The fraction of sp³-hybridized carbons (Fsp3) is 0.0625. The lowest BCUT2D eigenvalue weighted by molar-refractivity contribution is 0.102. The van der Waals surface area contributed by atoms with Crippen LogP contribution in [-0.2, 0) is 0 Å². The van der Waals surface area contributed by atoms with Crippen molar-refractivity contribution in [2.24, 2.45) is 5.73 Å². The second-order valence-corrected chi connectivity index (χ2v) is 4.97. The third kappa shape index (κ3) is 3.99. The highest BCUT2D eigenvalue weighted by Gasteiger charge is 2.12. The molecule has 0 aliphatic carbocycles. The smallest absolute Gasteiger partial charge is 0.257 e. The Morgan fingerprint density at radius 3 is 2.67 bits per heavy atom. The van der Waals surface area contributed by atoms with Crippen molar-refractivity contribution in [2.45, 2.75) is 0 Å². The van der Waals surface area contributed by atoms with E-state index < -0.39 is 0 Å². The van der Waals surface area contributed by atoms with E-state index in [1.807, 2.05) is 18.2 Å². The van der Waals surface area contributed by atoms with Crippen LogP contribution in [0.15, 0.2) is 42.5 Å². The number of benzene rings is 2. The summed E-state index contributed by atoms with van der Waals surface area (Å²) in [5.41, 5.74) is 7.01. The number of para-hydroxylation sites is 1. The Morgan fingerprint density at radius 2 is 1.95 bits per heavy atom. The molecule has 1 amide bonds. The molecule has 0 saturated carbocycles. The van der Waals surface area contributed by atoms with Crippen LogP contribution in [0.2, 0.25) is 10.0 Å². The van der Waals surface area contributed by atoms with Crippen LogP contribution in [0.1, 0.15) is 15.9 Å². The van der Waals surface area contributed by atoms with Gasteiger partial charge in [0.15, 0.2) is 0 Å². The third-order valence-electron chi connectivity index (χ3n) is 2.68. The number of anilines is 1. The summed E-state index contributed by atoms with van der Waals surface area (Å²) in [6.45, 7) is 0.255. The average molecular weight is 319 g/mol. The fourth-order valence-corrected chi connectivity index (χ4v) is 2.20. The molecule has 0 aliphatic heterocycles. The number of carbonyl (C=O) groups excluding carboxylic acids is 1. The van der Waals surface area contributed by atoms with Crippen LogP contribution in [0.4, 0.5) is 5.69 Å². The Labute approximate surface area is 133 Å². The molecule has 0 atom stereocenters. The molecule has 0 saturated heterocycles. The Bertz CT molecular complexity index is 733. The summed E-state index contributed by atoms with van der Waals surface area (Å²) in [6.07, 6.45) is 0. The molecule has 21 heavy (non-hydrogen) atoms. The quantitative estimate of drug-likeness (QED) is 0.832. The predicted molar refractivity (Wildman–Crippen MR) is 86.8 cm³/mol. The summed E-state index contributed by atoms with van der Waals surface area (Å²) in [6, 6.07) is 11.9. The van der Waals surface area contributed by atoms with E-state index in [-0.39, 0.29) is 12.5 Å². The van der Waals surface area contributed by atoms with Gasteiger partial charge in [0.05, 0.1) is 22.8 Å². The minimum absolute atomic E-state index is 0.255. The van der Waals surface area contributed by atoms with Crippen molar-refractivity contribution in [1.82, 2.24) is 0 Å². The van der Waals surface area contributed by atoms with Crippen molar-refractivity contribution >= 4 is 34.8 Å². The summed E-state index contributed by atoms with van der Waals surface area (Å²) in [7, 11) is 0. The highest BCUT2D eigenvalue weighted by atomic mass is 35.5. The first-order valence-corrected chi connectivity index (χ1v) is 6.92. The maximum absolute atomic E-state index is 12.3. The molecular weight excluding hydrogens is 307 g/mol. The molecule has 0 aromatic heterocycles. The largest absolute Gasteiger partial charge is 0.321 e. The molecule has 0 radical (unpaired) electrons. The zero-order valence-corrected chi connectivity index (χ0v) is 12.5. The molecule has 2 rings (SSSR count). The van der Waals surface area contributed by atoms with Gasteiger partial charge in [-0.05, 0) is 30.3 Å². The Kier molecular flexibility index (Phi) is 5.24. The number of nitrogens with one attached hydrogen (secondary N) is 1. The van der Waals surface area contributed by atoms with Gasteiger partial charge in [0.25, 0.3) is 5.91 Å². The van der Waals surface area contributed by atoms with E-state index in [4.69, 9.17) is 28.9 Å². The molecule has 0 spiro atoms. The van der Waals surface area contributed by atoms with Crippen LogP contribution in [0.5, 0.6) is 0 Å². The molecule has 5 heteroatoms. The molecule has 0 aliphatic rings. The van der Waals surface area contributed by atoms with Gasteiger partial charge in [0.2, 0.25) is 0 Å². The lowest BCUT2D eigenvalue weighted by atomic mass is 10.1. The average Bonchev–Trinajstić information content (AvgIpc) is 2.46. The van der Waals surface area contributed by atoms with Gasteiger partial charge < -0.3 is 11.1 Å². The molecule has 3 N–H and O–H groups in total. The molecule has 2 aromatic rings. The van der Waals surface area contributed by atoms with E-state index in [0.29, 0.717) is 26.9 Å². The lowest BCUT2D eigenvalue weighted by Gasteiger charge is -2.08. The molecule has 0 unspecified atom stereocenters. The fourth-order valence-electron chi connectivity index (χ4n) is 1.71. The molecule has 0 fully saturated rings. The maximum Gasteiger partial charge on any atom is 0.257 e. The predicted octanol–water partition coefficient (Wildman–Crippen LogP) is 3.56. The molecular formula is C16H12Cl2N2O. The number of rotatable bonds is 2. The van der Waals surface area contributed by atoms with Crippen LogP contribution in [0.25, 0.3) is 0 Å². The molecule has 3 nitrogen and oxygen atoms in total. The van der Waals surface area contributed by atoms with Crippen LogP contribution in [0.3, 0.4) is 0 Å². The zero-order valence-electron chi connectivity index (χ0n) is 11.0. The van der Waals surface area contributed by atoms with Gasteiger partial charge >= 0.3 is 0 Å². The minimum Gasteiger partial charge on any atom is -0.321 e. The molecule has 0 bridgehead atoms. The summed E-state index contributed by atoms with van der Waals surface area (Å²) in [5, 5.41) is 3.56. The van der Waals surface area contributed by atoms with Crippen molar-refractivity contribution in [3.05, 3.63) is 63.6 Å². The number of hydrogen-bond donors (Lipinski definition) is 2. The van der Waals surface area contributed by atoms with Crippen LogP contribution in [0, 0.1) is 11.8 Å². The van der Waals surface area contributed by atoms with Gasteiger partial charge in [-0.2, -0.15) is 0 Å². The Hall–Kier alpha value is -1.99. The highest BCUT2D eigenvalue weighted by Crippen LogP contribution is 2.22. The summed E-state index contributed by atoms with van der Waals surface area (Å²) in [5.74, 6) is 5.35. The van der Waals surface area contributed by atoms with Crippen molar-refractivity contribution in [3.8, 4) is 11.8 Å². The Morgan fingerprint density at radius 1 is 1.19 bits per heavy atom. The van der Waals surface area contributed by atoms with E-state index in [2.05, 4.69) is 17.2 Å². The van der Waals surface area contributed by atoms with Crippen LogP contribution >= 0.6 is 23.2 Å². The lowest BCUT2D eigenvalue weighted by Crippen LogP contribution is -2.13. The monoisotopic (exact) mass is 318 g/mol. The minimum atomic E-state index is -0.321. The first-order chi connectivity index (χ1) is 10.1. The van der Waals surface area contributed by atoms with Crippen molar-refractivity contribution in [2.75, 3.05) is 11.9 Å². The molecule has 0 heterocycles. The van der Waals surface area contributed by atoms with Crippen LogP contribution in [-0.4, -0.2) is 12.5 Å². The SMILES string of the molecule is NCC#Cc1ccccc1NC(=O)c1ccc(Cl)cc1Cl. The van der Waals surface area contributed by atoms with Gasteiger partial charge in [-0.3, -0.25) is 4.79 Å². The topological polar surface area (TPSA) is 55.1 Å².